The molecule has 112 valence electrons. The van der Waals surface area contributed by atoms with Gasteiger partial charge in [-0.1, -0.05) is 25.1 Å². The van der Waals surface area contributed by atoms with Crippen molar-refractivity contribution in [3.8, 4) is 0 Å². The highest BCUT2D eigenvalue weighted by Gasteiger charge is 2.48. The average Bonchev–Trinajstić information content (AvgIpc) is 2.96. The number of nitrogens with two attached hydrogens (primary N) is 1. The minimum absolute atomic E-state index is 0.0317. The quantitative estimate of drug-likeness (QED) is 0.761. The van der Waals surface area contributed by atoms with Gasteiger partial charge in [0, 0.05) is 13.6 Å². The van der Waals surface area contributed by atoms with Gasteiger partial charge < -0.3 is 16.0 Å². The van der Waals surface area contributed by atoms with Crippen LogP contribution in [-0.2, 0) is 9.59 Å². The average molecular weight is 297 g/mol. The molecule has 1 saturated heterocycles. The van der Waals surface area contributed by atoms with E-state index in [4.69, 9.17) is 18.0 Å². The highest BCUT2D eigenvalue weighted by molar-refractivity contribution is 7.80. The summed E-state index contributed by atoms with van der Waals surface area (Å²) in [5.41, 5.74) is 5.17. The summed E-state index contributed by atoms with van der Waals surface area (Å²) in [4.78, 5) is 27.0. The molecule has 0 aromatic carbocycles. The number of likely N-dealkylation sites (tertiary alicyclic amines) is 1. The van der Waals surface area contributed by atoms with Crippen LogP contribution in [0.4, 0.5) is 0 Å². The summed E-state index contributed by atoms with van der Waals surface area (Å²) in [7, 11) is 1.61. The number of thiocarbonyl (C=S) groups is 1. The van der Waals surface area contributed by atoms with Crippen molar-refractivity contribution in [2.45, 2.75) is 51.0 Å². The molecule has 2 rings (SSSR count). The molecular weight excluding hydrogens is 274 g/mol. The SMILES string of the molecule is CNC(=O)C1CCCCN1C(=O)C1(C(N)=S)CCCC1. The second-order valence-electron chi connectivity index (χ2n) is 5.78. The predicted molar refractivity (Wildman–Crippen MR) is 81.1 cm³/mol. The van der Waals surface area contributed by atoms with Gasteiger partial charge in [0.2, 0.25) is 11.8 Å². The first kappa shape index (κ1) is 15.2. The molecular formula is C14H23N3O2S. The van der Waals surface area contributed by atoms with E-state index in [1.54, 1.807) is 11.9 Å². The third kappa shape index (κ3) is 2.53. The summed E-state index contributed by atoms with van der Waals surface area (Å²) in [5, 5.41) is 2.65. The molecule has 2 aliphatic rings. The maximum atomic E-state index is 13.0. The Labute approximate surface area is 125 Å². The fourth-order valence-electron chi connectivity index (χ4n) is 3.43. The van der Waals surface area contributed by atoms with Gasteiger partial charge in [0.15, 0.2) is 0 Å². The van der Waals surface area contributed by atoms with Crippen LogP contribution >= 0.6 is 12.2 Å². The van der Waals surface area contributed by atoms with Crippen LogP contribution in [0, 0.1) is 5.41 Å². The van der Waals surface area contributed by atoms with Crippen LogP contribution in [0.5, 0.6) is 0 Å². The van der Waals surface area contributed by atoms with E-state index >= 15 is 0 Å². The minimum atomic E-state index is -0.709. The second kappa shape index (κ2) is 6.08. The van der Waals surface area contributed by atoms with Crippen molar-refractivity contribution in [2.75, 3.05) is 13.6 Å². The van der Waals surface area contributed by atoms with Gasteiger partial charge in [-0.2, -0.15) is 0 Å². The summed E-state index contributed by atoms with van der Waals surface area (Å²) in [5.74, 6) is -0.120. The molecule has 20 heavy (non-hydrogen) atoms. The van der Waals surface area contributed by atoms with Crippen LogP contribution in [0.1, 0.15) is 44.9 Å². The number of hydrogen-bond donors (Lipinski definition) is 2. The Hall–Kier alpha value is -1.17. The summed E-state index contributed by atoms with van der Waals surface area (Å²) < 4.78 is 0. The molecule has 1 aliphatic carbocycles. The zero-order valence-electron chi connectivity index (χ0n) is 12.0. The summed E-state index contributed by atoms with van der Waals surface area (Å²) in [6, 6.07) is -0.368. The Morgan fingerprint density at radius 3 is 2.45 bits per heavy atom. The van der Waals surface area contributed by atoms with Gasteiger partial charge in [0.05, 0.1) is 10.4 Å². The Morgan fingerprint density at radius 1 is 1.25 bits per heavy atom. The van der Waals surface area contributed by atoms with Gasteiger partial charge in [-0.15, -0.1) is 0 Å². The Morgan fingerprint density at radius 2 is 1.90 bits per heavy atom. The monoisotopic (exact) mass is 297 g/mol. The van der Waals surface area contributed by atoms with E-state index in [-0.39, 0.29) is 17.9 Å². The van der Waals surface area contributed by atoms with Crippen molar-refractivity contribution < 1.29 is 9.59 Å². The summed E-state index contributed by atoms with van der Waals surface area (Å²) in [6.07, 6.45) is 6.02. The lowest BCUT2D eigenvalue weighted by molar-refractivity contribution is -0.147. The van der Waals surface area contributed by atoms with Gasteiger partial charge >= 0.3 is 0 Å². The van der Waals surface area contributed by atoms with Crippen LogP contribution in [0.15, 0.2) is 0 Å². The fraction of sp³-hybridized carbons (Fsp3) is 0.786. The molecule has 1 saturated carbocycles. The standard InChI is InChI=1S/C14H23N3O2S/c1-16-11(18)10-6-2-5-9-17(10)13(19)14(12(15)20)7-3-4-8-14/h10H,2-9H2,1H3,(H2,15,20)(H,16,18). The number of piperidine rings is 1. The van der Waals surface area contributed by atoms with Gasteiger partial charge in [0.1, 0.15) is 6.04 Å². The molecule has 1 aliphatic heterocycles. The molecule has 3 N–H and O–H groups in total. The molecule has 0 bridgehead atoms. The molecule has 0 aromatic heterocycles. The maximum Gasteiger partial charge on any atom is 0.242 e. The molecule has 2 amide bonds. The van der Waals surface area contributed by atoms with E-state index in [1.165, 1.54) is 0 Å². The van der Waals surface area contributed by atoms with Crippen molar-refractivity contribution in [3.05, 3.63) is 0 Å². The van der Waals surface area contributed by atoms with E-state index < -0.39 is 5.41 Å². The molecule has 0 aromatic rings. The summed E-state index contributed by atoms with van der Waals surface area (Å²) >= 11 is 5.18. The fourth-order valence-corrected chi connectivity index (χ4v) is 3.72. The molecule has 1 atom stereocenters. The topological polar surface area (TPSA) is 75.4 Å². The number of rotatable bonds is 3. The van der Waals surface area contributed by atoms with Crippen molar-refractivity contribution in [3.63, 3.8) is 0 Å². The number of nitrogens with one attached hydrogen (secondary N) is 1. The zero-order valence-corrected chi connectivity index (χ0v) is 12.8. The highest BCUT2D eigenvalue weighted by Crippen LogP contribution is 2.41. The number of nitrogens with zero attached hydrogens (tertiary/aromatic N) is 1. The lowest BCUT2D eigenvalue weighted by Gasteiger charge is -2.40. The molecule has 1 heterocycles. The lowest BCUT2D eigenvalue weighted by Crippen LogP contribution is -2.57. The van der Waals surface area contributed by atoms with Crippen molar-refractivity contribution >= 4 is 29.0 Å². The summed E-state index contributed by atoms with van der Waals surface area (Å²) in [6.45, 7) is 0.626. The van der Waals surface area contributed by atoms with Crippen LogP contribution in [0.3, 0.4) is 0 Å². The Balaban J connectivity index is 2.24. The molecule has 5 nitrogen and oxygen atoms in total. The van der Waals surface area contributed by atoms with Crippen molar-refractivity contribution in [2.24, 2.45) is 11.1 Å². The minimum Gasteiger partial charge on any atom is -0.392 e. The predicted octanol–water partition coefficient (Wildman–Crippen LogP) is 0.960. The van der Waals surface area contributed by atoms with Gasteiger partial charge in [-0.05, 0) is 32.1 Å². The molecule has 6 heteroatoms. The first-order valence-corrected chi connectivity index (χ1v) is 7.76. The second-order valence-corrected chi connectivity index (χ2v) is 6.22. The van der Waals surface area contributed by atoms with E-state index in [2.05, 4.69) is 5.32 Å². The number of hydrogen-bond acceptors (Lipinski definition) is 3. The van der Waals surface area contributed by atoms with E-state index in [9.17, 15) is 9.59 Å². The van der Waals surface area contributed by atoms with E-state index in [0.717, 1.165) is 44.9 Å². The largest absolute Gasteiger partial charge is 0.392 e. The Kier molecular flexibility index (Phi) is 4.62. The van der Waals surface area contributed by atoms with Gasteiger partial charge in [-0.3, -0.25) is 9.59 Å². The first-order valence-electron chi connectivity index (χ1n) is 7.35. The van der Waals surface area contributed by atoms with Crippen molar-refractivity contribution in [1.29, 1.82) is 0 Å². The zero-order chi connectivity index (χ0) is 14.8. The number of carbonyl (C=O) groups is 2. The van der Waals surface area contributed by atoms with Gasteiger partial charge in [-0.25, -0.2) is 0 Å². The Bertz CT molecular complexity index is 419. The number of carbonyl (C=O) groups excluding carboxylic acids is 2. The maximum absolute atomic E-state index is 13.0. The molecule has 1 unspecified atom stereocenters. The first-order chi connectivity index (χ1) is 9.53. The van der Waals surface area contributed by atoms with Gasteiger partial charge in [0.25, 0.3) is 0 Å². The van der Waals surface area contributed by atoms with Crippen LogP contribution in [-0.4, -0.2) is 41.3 Å². The number of likely N-dealkylation sites (N-methyl/N-ethyl adjacent to an activating group) is 1. The van der Waals surface area contributed by atoms with E-state index in [0.29, 0.717) is 11.5 Å². The van der Waals surface area contributed by atoms with Crippen LogP contribution in [0.2, 0.25) is 0 Å². The highest BCUT2D eigenvalue weighted by atomic mass is 32.1. The van der Waals surface area contributed by atoms with Crippen molar-refractivity contribution in [1.82, 2.24) is 10.2 Å². The van der Waals surface area contributed by atoms with E-state index in [1.807, 2.05) is 0 Å². The lowest BCUT2D eigenvalue weighted by atomic mass is 9.83. The molecule has 2 fully saturated rings. The third-order valence-electron chi connectivity index (χ3n) is 4.65. The van der Waals surface area contributed by atoms with Crippen LogP contribution in [0.25, 0.3) is 0 Å². The third-order valence-corrected chi connectivity index (χ3v) is 5.04. The van der Waals surface area contributed by atoms with Crippen LogP contribution < -0.4 is 11.1 Å². The number of amides is 2. The normalized spacial score (nSPS) is 25.2. The smallest absolute Gasteiger partial charge is 0.242 e. The molecule has 0 radical (unpaired) electrons. The molecule has 0 spiro atoms.